The molecule has 14 nitrogen and oxygen atoms in total. The number of fused-ring (bicyclic) bond motifs is 1. The van der Waals surface area contributed by atoms with Gasteiger partial charge in [-0.25, -0.2) is 19.7 Å². The van der Waals surface area contributed by atoms with E-state index in [1.807, 2.05) is 0 Å². The summed E-state index contributed by atoms with van der Waals surface area (Å²) in [6.07, 6.45) is 1.37. The minimum Gasteiger partial charge on any atom is -0.452 e. The van der Waals surface area contributed by atoms with Gasteiger partial charge in [0.15, 0.2) is 23.2 Å². The fourth-order valence-electron chi connectivity index (χ4n) is 3.38. The van der Waals surface area contributed by atoms with Crippen molar-refractivity contribution in [1.29, 1.82) is 0 Å². The molecule has 1 saturated heterocycles. The summed E-state index contributed by atoms with van der Waals surface area (Å²) < 4.78 is 40.9. The van der Waals surface area contributed by atoms with Gasteiger partial charge in [0, 0.05) is 11.3 Å². The number of nitrogens with zero attached hydrogens (tertiary/aromatic N) is 4. The Balaban J connectivity index is 1.53. The molecule has 0 bridgehead atoms. The van der Waals surface area contributed by atoms with Crippen molar-refractivity contribution in [2.24, 2.45) is 0 Å². The maximum absolute atomic E-state index is 11.8. The molecule has 1 amide bonds. The van der Waals surface area contributed by atoms with Crippen LogP contribution in [0.25, 0.3) is 11.2 Å². The van der Waals surface area contributed by atoms with E-state index in [-0.39, 0.29) is 5.65 Å². The maximum atomic E-state index is 11.8. The monoisotopic (exact) mass is 504 g/mol. The summed E-state index contributed by atoms with van der Waals surface area (Å²) in [5, 5.41) is 24.0. The number of ether oxygens (including phenoxy) is 2. The number of hydrogen-bond donors (Lipinski definition) is 4. The second-order valence-corrected chi connectivity index (χ2v) is 8.62. The Morgan fingerprint density at radius 1 is 1.29 bits per heavy atom. The Hall–Kier alpha value is -3.81. The van der Waals surface area contributed by atoms with Crippen LogP contribution in [0.4, 0.5) is 16.3 Å². The van der Waals surface area contributed by atoms with Crippen LogP contribution in [0.15, 0.2) is 36.9 Å². The first-order valence-electron chi connectivity index (χ1n) is 10.0. The normalized spacial score (nSPS) is 22.0. The van der Waals surface area contributed by atoms with E-state index in [2.05, 4.69) is 35.1 Å². The molecule has 0 aliphatic carbocycles. The average molecular weight is 504 g/mol. The van der Waals surface area contributed by atoms with E-state index < -0.39 is 47.5 Å². The van der Waals surface area contributed by atoms with Crippen molar-refractivity contribution in [1.82, 2.24) is 24.2 Å². The molecular formula is C20H20N6O8S. The summed E-state index contributed by atoms with van der Waals surface area (Å²) in [4.78, 5) is 23.8. The Kier molecular flexibility index (Phi) is 6.82. The molecule has 2 aromatic heterocycles. The lowest BCUT2D eigenvalue weighted by atomic mass is 10.1. The topological polar surface area (TPSA) is 187 Å². The number of benzene rings is 1. The lowest BCUT2D eigenvalue weighted by Gasteiger charge is -2.16. The number of terminal acetylenes is 1. The van der Waals surface area contributed by atoms with Crippen LogP contribution in [-0.4, -0.2) is 76.3 Å². The number of aliphatic hydroxyl groups excluding tert-OH is 2. The zero-order valence-corrected chi connectivity index (χ0v) is 18.9. The van der Waals surface area contributed by atoms with Gasteiger partial charge in [0.05, 0.1) is 20.0 Å². The van der Waals surface area contributed by atoms with Crippen molar-refractivity contribution in [3.05, 3.63) is 42.5 Å². The molecule has 0 unspecified atom stereocenters. The van der Waals surface area contributed by atoms with Gasteiger partial charge in [-0.15, -0.1) is 6.42 Å². The molecular weight excluding hydrogens is 484 g/mol. The van der Waals surface area contributed by atoms with Crippen LogP contribution in [0.5, 0.6) is 0 Å². The number of rotatable bonds is 7. The molecule has 4 atom stereocenters. The van der Waals surface area contributed by atoms with Crippen molar-refractivity contribution < 1.29 is 37.1 Å². The predicted octanol–water partition coefficient (Wildman–Crippen LogP) is -0.212. The predicted molar refractivity (Wildman–Crippen MR) is 119 cm³/mol. The number of anilines is 2. The lowest BCUT2D eigenvalue weighted by Crippen LogP contribution is -2.37. The van der Waals surface area contributed by atoms with Gasteiger partial charge in [0.25, 0.3) is 0 Å². The number of amides is 1. The number of imidazole rings is 1. The second kappa shape index (κ2) is 9.82. The SMILES string of the molecule is C#Cc1cccc(Nc2ncnc3c2ncn3[C@@H]2O[C@H](COS(=O)(=O)NC(=O)OC)[C@@H](O)[C@H]2O)c1. The molecule has 4 rings (SSSR count). The van der Waals surface area contributed by atoms with E-state index in [4.69, 9.17) is 11.2 Å². The van der Waals surface area contributed by atoms with Gasteiger partial charge >= 0.3 is 16.4 Å². The van der Waals surface area contributed by atoms with Crippen molar-refractivity contribution in [2.45, 2.75) is 24.5 Å². The number of aliphatic hydroxyl groups is 2. The zero-order valence-electron chi connectivity index (χ0n) is 18.1. The molecule has 3 aromatic rings. The molecule has 15 heteroatoms. The van der Waals surface area contributed by atoms with Gasteiger partial charge in [-0.3, -0.25) is 8.75 Å². The summed E-state index contributed by atoms with van der Waals surface area (Å²) in [7, 11) is -3.55. The largest absolute Gasteiger partial charge is 0.452 e. The van der Waals surface area contributed by atoms with Crippen LogP contribution in [0.3, 0.4) is 0 Å². The van der Waals surface area contributed by atoms with E-state index >= 15 is 0 Å². The maximum Gasteiger partial charge on any atom is 0.422 e. The van der Waals surface area contributed by atoms with Crippen LogP contribution < -0.4 is 10.0 Å². The number of carbonyl (C=O) groups is 1. The first kappa shape index (κ1) is 24.3. The van der Waals surface area contributed by atoms with E-state index in [0.29, 0.717) is 22.6 Å². The summed E-state index contributed by atoms with van der Waals surface area (Å²) in [6.45, 7) is -0.693. The van der Waals surface area contributed by atoms with Crippen LogP contribution in [0.1, 0.15) is 11.8 Å². The first-order chi connectivity index (χ1) is 16.7. The first-order valence-corrected chi connectivity index (χ1v) is 11.4. The third kappa shape index (κ3) is 5.16. The average Bonchev–Trinajstić information content (AvgIpc) is 3.39. The summed E-state index contributed by atoms with van der Waals surface area (Å²) in [5.41, 5.74) is 1.95. The molecule has 35 heavy (non-hydrogen) atoms. The number of carbonyl (C=O) groups excluding carboxylic acids is 1. The molecule has 3 heterocycles. The summed E-state index contributed by atoms with van der Waals surface area (Å²) >= 11 is 0. The molecule has 184 valence electrons. The van der Waals surface area contributed by atoms with E-state index in [1.54, 1.807) is 24.3 Å². The molecule has 0 saturated carbocycles. The number of nitrogens with one attached hydrogen (secondary N) is 2. The van der Waals surface area contributed by atoms with Crippen molar-refractivity contribution >= 4 is 39.1 Å². The van der Waals surface area contributed by atoms with Crippen LogP contribution in [0, 0.1) is 12.3 Å². The highest BCUT2D eigenvalue weighted by molar-refractivity contribution is 7.85. The smallest absolute Gasteiger partial charge is 0.422 e. The Morgan fingerprint density at radius 3 is 2.83 bits per heavy atom. The van der Waals surface area contributed by atoms with E-state index in [0.717, 1.165) is 7.11 Å². The Labute approximate surface area is 199 Å². The van der Waals surface area contributed by atoms with Gasteiger partial charge in [0.1, 0.15) is 24.6 Å². The number of aromatic nitrogens is 4. The molecule has 0 radical (unpaired) electrons. The standard InChI is InChI=1S/C20H20N6O8S/c1-3-11-5-4-6-12(7-11)24-17-14-18(22-9-21-17)26(10-23-14)19-16(28)15(27)13(34-19)8-33-35(30,31)25-20(29)32-2/h1,4-7,9-10,13,15-16,19,27-28H,8H2,2H3,(H,25,29)(H,21,22,24)/t13-,15-,16-,19-/m1/s1. The Bertz CT molecular complexity index is 1390. The van der Waals surface area contributed by atoms with Gasteiger partial charge < -0.3 is 25.0 Å². The number of hydrogen-bond acceptors (Lipinski definition) is 12. The highest BCUT2D eigenvalue weighted by Gasteiger charge is 2.45. The molecule has 1 aliphatic rings. The zero-order chi connectivity index (χ0) is 25.2. The molecule has 1 aliphatic heterocycles. The summed E-state index contributed by atoms with van der Waals surface area (Å²) in [6, 6.07) is 7.09. The fraction of sp³-hybridized carbons (Fsp3) is 0.300. The van der Waals surface area contributed by atoms with Gasteiger partial charge in [0.2, 0.25) is 0 Å². The van der Waals surface area contributed by atoms with Crippen molar-refractivity contribution in [3.63, 3.8) is 0 Å². The van der Waals surface area contributed by atoms with Crippen LogP contribution in [-0.2, 0) is 24.0 Å². The quantitative estimate of drug-likeness (QED) is 0.311. The Morgan fingerprint density at radius 2 is 2.09 bits per heavy atom. The van der Waals surface area contributed by atoms with Crippen LogP contribution >= 0.6 is 0 Å². The van der Waals surface area contributed by atoms with Gasteiger partial charge in [-0.1, -0.05) is 12.0 Å². The van der Waals surface area contributed by atoms with Crippen molar-refractivity contribution in [2.75, 3.05) is 19.0 Å². The van der Waals surface area contributed by atoms with E-state index in [1.165, 1.54) is 21.9 Å². The fourth-order valence-corrected chi connectivity index (χ4v) is 4.04. The minimum atomic E-state index is -4.53. The number of methoxy groups -OCH3 is 1. The van der Waals surface area contributed by atoms with E-state index in [9.17, 15) is 23.4 Å². The third-order valence-electron chi connectivity index (χ3n) is 5.04. The highest BCUT2D eigenvalue weighted by Crippen LogP contribution is 2.33. The van der Waals surface area contributed by atoms with Crippen molar-refractivity contribution in [3.8, 4) is 12.3 Å². The van der Waals surface area contributed by atoms with Gasteiger partial charge in [-0.05, 0) is 18.2 Å². The molecule has 0 spiro atoms. The molecule has 4 N–H and O–H groups in total. The molecule has 1 aromatic carbocycles. The molecule has 1 fully saturated rings. The minimum absolute atomic E-state index is 0.272. The lowest BCUT2D eigenvalue weighted by molar-refractivity contribution is -0.0468. The summed E-state index contributed by atoms with van der Waals surface area (Å²) in [5.74, 6) is 2.90. The second-order valence-electron chi connectivity index (χ2n) is 7.28. The van der Waals surface area contributed by atoms with Crippen LogP contribution in [0.2, 0.25) is 0 Å². The highest BCUT2D eigenvalue weighted by atomic mass is 32.2. The van der Waals surface area contributed by atoms with Gasteiger partial charge in [-0.2, -0.15) is 13.1 Å². The third-order valence-corrected chi connectivity index (χ3v) is 5.91.